The first kappa shape index (κ1) is 11.9. The number of rotatable bonds is 5. The molecule has 0 rings (SSSR count). The summed E-state index contributed by atoms with van der Waals surface area (Å²) in [6.07, 6.45) is 0.619. The van der Waals surface area contributed by atoms with Crippen molar-refractivity contribution in [3.63, 3.8) is 0 Å². The fourth-order valence-corrected chi connectivity index (χ4v) is 0.859. The molecule has 0 aliphatic carbocycles. The second-order valence-corrected chi connectivity index (χ2v) is 4.10. The number of ether oxygens (including phenoxy) is 1. The first-order valence-electron chi connectivity index (χ1n) is 4.29. The fraction of sp³-hybridized carbons (Fsp3) is 1.00. The minimum absolute atomic E-state index is 0.258. The van der Waals surface area contributed by atoms with E-state index in [1.807, 2.05) is 13.8 Å². The van der Waals surface area contributed by atoms with Gasteiger partial charge in [0, 0.05) is 25.7 Å². The van der Waals surface area contributed by atoms with E-state index in [1.165, 1.54) is 0 Å². The van der Waals surface area contributed by atoms with E-state index in [0.29, 0.717) is 19.6 Å². The van der Waals surface area contributed by atoms with Crippen LogP contribution in [0.4, 0.5) is 0 Å². The maximum atomic E-state index is 10.0. The molecule has 74 valence electrons. The Balaban J connectivity index is 4.17. The third-order valence-corrected chi connectivity index (χ3v) is 2.76. The zero-order chi connectivity index (χ0) is 9.83. The maximum absolute atomic E-state index is 10.0. The standard InChI is InChI=1S/C9H21NO2/c1-8(2,7-10)9(3,11)5-6-12-4/h11H,5-7,10H2,1-4H3/t9-/m1/s1. The summed E-state index contributed by atoms with van der Waals surface area (Å²) in [5, 5.41) is 10.0. The molecule has 0 radical (unpaired) electrons. The zero-order valence-electron chi connectivity index (χ0n) is 8.55. The van der Waals surface area contributed by atoms with E-state index < -0.39 is 5.60 Å². The summed E-state index contributed by atoms with van der Waals surface area (Å²) in [6.45, 7) is 6.77. The molecular formula is C9H21NO2. The molecule has 0 bridgehead atoms. The Labute approximate surface area is 74.9 Å². The van der Waals surface area contributed by atoms with Crippen LogP contribution in [0.25, 0.3) is 0 Å². The van der Waals surface area contributed by atoms with Gasteiger partial charge >= 0.3 is 0 Å². The van der Waals surface area contributed by atoms with E-state index >= 15 is 0 Å². The van der Waals surface area contributed by atoms with E-state index in [-0.39, 0.29) is 5.41 Å². The molecule has 0 spiro atoms. The summed E-state index contributed by atoms with van der Waals surface area (Å²) >= 11 is 0. The molecule has 3 heteroatoms. The van der Waals surface area contributed by atoms with Gasteiger partial charge in [0.1, 0.15) is 0 Å². The fourth-order valence-electron chi connectivity index (χ4n) is 0.859. The topological polar surface area (TPSA) is 55.5 Å². The van der Waals surface area contributed by atoms with Gasteiger partial charge in [-0.25, -0.2) is 0 Å². The molecule has 0 heterocycles. The summed E-state index contributed by atoms with van der Waals surface area (Å²) in [5.74, 6) is 0. The van der Waals surface area contributed by atoms with Crippen molar-refractivity contribution in [3.05, 3.63) is 0 Å². The lowest BCUT2D eigenvalue weighted by Crippen LogP contribution is -2.47. The second-order valence-electron chi connectivity index (χ2n) is 4.10. The van der Waals surface area contributed by atoms with Crippen molar-refractivity contribution >= 4 is 0 Å². The molecule has 0 saturated carbocycles. The highest BCUT2D eigenvalue weighted by Crippen LogP contribution is 2.32. The van der Waals surface area contributed by atoms with E-state index in [9.17, 15) is 5.11 Å². The lowest BCUT2D eigenvalue weighted by Gasteiger charge is -2.39. The van der Waals surface area contributed by atoms with Gasteiger partial charge in [-0.1, -0.05) is 13.8 Å². The highest BCUT2D eigenvalue weighted by atomic mass is 16.5. The van der Waals surface area contributed by atoms with Gasteiger partial charge in [0.2, 0.25) is 0 Å². The average molecular weight is 175 g/mol. The van der Waals surface area contributed by atoms with Crippen LogP contribution in [0, 0.1) is 5.41 Å². The van der Waals surface area contributed by atoms with Gasteiger partial charge in [0.25, 0.3) is 0 Å². The van der Waals surface area contributed by atoms with Crippen molar-refractivity contribution in [1.29, 1.82) is 0 Å². The summed E-state index contributed by atoms with van der Waals surface area (Å²) in [7, 11) is 1.63. The normalized spacial score (nSPS) is 17.5. The Morgan fingerprint density at radius 2 is 1.83 bits per heavy atom. The third-order valence-electron chi connectivity index (χ3n) is 2.76. The van der Waals surface area contributed by atoms with Crippen LogP contribution in [0.1, 0.15) is 27.2 Å². The lowest BCUT2D eigenvalue weighted by atomic mass is 9.74. The van der Waals surface area contributed by atoms with Crippen molar-refractivity contribution in [3.8, 4) is 0 Å². The first-order chi connectivity index (χ1) is 5.37. The molecule has 0 aliphatic rings. The Morgan fingerprint density at radius 1 is 1.33 bits per heavy atom. The quantitative estimate of drug-likeness (QED) is 0.648. The van der Waals surface area contributed by atoms with Gasteiger partial charge in [0.05, 0.1) is 5.60 Å². The molecule has 0 fully saturated rings. The van der Waals surface area contributed by atoms with Crippen LogP contribution in [-0.4, -0.2) is 31.0 Å². The van der Waals surface area contributed by atoms with Crippen LogP contribution in [0.2, 0.25) is 0 Å². The van der Waals surface area contributed by atoms with Gasteiger partial charge < -0.3 is 15.6 Å². The molecule has 3 nitrogen and oxygen atoms in total. The Hall–Kier alpha value is -0.120. The highest BCUT2D eigenvalue weighted by molar-refractivity contribution is 4.90. The van der Waals surface area contributed by atoms with Crippen molar-refractivity contribution in [2.75, 3.05) is 20.3 Å². The Kier molecular flexibility index (Phi) is 4.17. The number of hydrogen-bond donors (Lipinski definition) is 2. The van der Waals surface area contributed by atoms with Crippen molar-refractivity contribution < 1.29 is 9.84 Å². The van der Waals surface area contributed by atoms with Crippen molar-refractivity contribution in [2.45, 2.75) is 32.8 Å². The molecule has 0 aromatic carbocycles. The monoisotopic (exact) mass is 175 g/mol. The molecule has 12 heavy (non-hydrogen) atoms. The van der Waals surface area contributed by atoms with E-state index in [4.69, 9.17) is 10.5 Å². The highest BCUT2D eigenvalue weighted by Gasteiger charge is 2.37. The molecule has 0 aliphatic heterocycles. The summed E-state index contributed by atoms with van der Waals surface area (Å²) in [4.78, 5) is 0. The Bertz CT molecular complexity index is 132. The number of aliphatic hydroxyl groups is 1. The van der Waals surface area contributed by atoms with Gasteiger partial charge in [-0.15, -0.1) is 0 Å². The van der Waals surface area contributed by atoms with Crippen molar-refractivity contribution in [1.82, 2.24) is 0 Å². The molecule has 0 aromatic heterocycles. The van der Waals surface area contributed by atoms with Crippen LogP contribution in [0.5, 0.6) is 0 Å². The molecule has 0 unspecified atom stereocenters. The average Bonchev–Trinajstić information content (AvgIpc) is 2.00. The summed E-state index contributed by atoms with van der Waals surface area (Å²) in [6, 6.07) is 0. The van der Waals surface area contributed by atoms with Gasteiger partial charge in [0.15, 0.2) is 0 Å². The number of methoxy groups -OCH3 is 1. The van der Waals surface area contributed by atoms with Crippen LogP contribution in [-0.2, 0) is 4.74 Å². The minimum atomic E-state index is -0.752. The van der Waals surface area contributed by atoms with Crippen LogP contribution in [0.3, 0.4) is 0 Å². The first-order valence-corrected chi connectivity index (χ1v) is 4.29. The molecule has 0 saturated heterocycles. The lowest BCUT2D eigenvalue weighted by molar-refractivity contribution is -0.0654. The number of hydrogen-bond acceptors (Lipinski definition) is 3. The molecule has 1 atom stereocenters. The van der Waals surface area contributed by atoms with Crippen molar-refractivity contribution in [2.24, 2.45) is 11.1 Å². The Morgan fingerprint density at radius 3 is 2.17 bits per heavy atom. The summed E-state index contributed by atoms with van der Waals surface area (Å²) < 4.78 is 4.92. The SMILES string of the molecule is COCC[C@@](C)(O)C(C)(C)CN. The molecule has 0 amide bonds. The molecule has 3 N–H and O–H groups in total. The van der Waals surface area contributed by atoms with E-state index in [1.54, 1.807) is 14.0 Å². The van der Waals surface area contributed by atoms with Crippen LogP contribution >= 0.6 is 0 Å². The second kappa shape index (κ2) is 4.21. The van der Waals surface area contributed by atoms with Gasteiger partial charge in [-0.3, -0.25) is 0 Å². The van der Waals surface area contributed by atoms with Crippen LogP contribution in [0.15, 0.2) is 0 Å². The number of nitrogens with two attached hydrogens (primary N) is 1. The third kappa shape index (κ3) is 2.73. The largest absolute Gasteiger partial charge is 0.389 e. The van der Waals surface area contributed by atoms with Gasteiger partial charge in [-0.2, -0.15) is 0 Å². The molecule has 0 aromatic rings. The smallest absolute Gasteiger partial charge is 0.0704 e. The van der Waals surface area contributed by atoms with E-state index in [2.05, 4.69) is 0 Å². The van der Waals surface area contributed by atoms with E-state index in [0.717, 1.165) is 0 Å². The van der Waals surface area contributed by atoms with Crippen LogP contribution < -0.4 is 5.73 Å². The predicted molar refractivity (Wildman–Crippen MR) is 50.0 cm³/mol. The molecular weight excluding hydrogens is 154 g/mol. The minimum Gasteiger partial charge on any atom is -0.389 e. The zero-order valence-corrected chi connectivity index (χ0v) is 8.55. The predicted octanol–water partition coefficient (Wildman–Crippen LogP) is 0.759. The summed E-state index contributed by atoms with van der Waals surface area (Å²) in [5.41, 5.74) is 4.55. The maximum Gasteiger partial charge on any atom is 0.0704 e. The van der Waals surface area contributed by atoms with Gasteiger partial charge in [-0.05, 0) is 13.3 Å².